The van der Waals surface area contributed by atoms with Gasteiger partial charge in [-0.2, -0.15) is 0 Å². The fourth-order valence-corrected chi connectivity index (χ4v) is 2.54. The SMILES string of the molecule is C[C@@H]1Oc2ccccc2O[C@@H]1C(=O)NC[C@@H](O)c1ccc(F)c(F)c1. The molecule has 0 unspecified atom stereocenters. The molecule has 0 radical (unpaired) electrons. The lowest BCUT2D eigenvalue weighted by molar-refractivity contribution is -0.133. The Hall–Kier alpha value is -2.67. The third-order valence-corrected chi connectivity index (χ3v) is 3.90. The van der Waals surface area contributed by atoms with Crippen molar-refractivity contribution in [3.8, 4) is 11.5 Å². The van der Waals surface area contributed by atoms with E-state index < -0.39 is 35.9 Å². The van der Waals surface area contributed by atoms with Gasteiger partial charge in [0.25, 0.3) is 5.91 Å². The number of hydrogen-bond donors (Lipinski definition) is 2. The molecule has 1 aliphatic heterocycles. The summed E-state index contributed by atoms with van der Waals surface area (Å²) in [5.41, 5.74) is 0.165. The number of fused-ring (bicyclic) bond motifs is 1. The van der Waals surface area contributed by atoms with Crippen molar-refractivity contribution in [2.75, 3.05) is 6.54 Å². The first-order valence-electron chi connectivity index (χ1n) is 7.79. The van der Waals surface area contributed by atoms with Crippen LogP contribution in [0.2, 0.25) is 0 Å². The van der Waals surface area contributed by atoms with Crippen molar-refractivity contribution >= 4 is 5.91 Å². The Kier molecular flexibility index (Phi) is 4.85. The van der Waals surface area contributed by atoms with Crippen LogP contribution in [0.4, 0.5) is 8.78 Å². The predicted octanol–water partition coefficient (Wildman–Crippen LogP) is 2.34. The molecule has 7 heteroatoms. The molecule has 3 rings (SSSR count). The summed E-state index contributed by atoms with van der Waals surface area (Å²) in [7, 11) is 0. The maximum Gasteiger partial charge on any atom is 0.265 e. The van der Waals surface area contributed by atoms with Gasteiger partial charge in [-0.1, -0.05) is 18.2 Å². The number of rotatable bonds is 4. The molecular formula is C18H17F2NO4. The molecule has 1 heterocycles. The fraction of sp³-hybridized carbons (Fsp3) is 0.278. The quantitative estimate of drug-likeness (QED) is 0.889. The Balaban J connectivity index is 1.61. The first kappa shape index (κ1) is 17.2. The summed E-state index contributed by atoms with van der Waals surface area (Å²) in [6, 6.07) is 10.1. The van der Waals surface area contributed by atoms with Crippen molar-refractivity contribution in [3.63, 3.8) is 0 Å². The number of aliphatic hydroxyl groups is 1. The first-order valence-corrected chi connectivity index (χ1v) is 7.79. The van der Waals surface area contributed by atoms with Gasteiger partial charge in [0.05, 0.1) is 6.10 Å². The Morgan fingerprint density at radius 1 is 1.16 bits per heavy atom. The zero-order chi connectivity index (χ0) is 18.0. The fourth-order valence-electron chi connectivity index (χ4n) is 2.54. The first-order chi connectivity index (χ1) is 12.0. The zero-order valence-electron chi connectivity index (χ0n) is 13.4. The molecule has 25 heavy (non-hydrogen) atoms. The molecule has 2 aromatic carbocycles. The minimum Gasteiger partial charge on any atom is -0.482 e. The van der Waals surface area contributed by atoms with E-state index in [2.05, 4.69) is 5.32 Å². The second-order valence-electron chi connectivity index (χ2n) is 5.74. The number of carbonyl (C=O) groups excluding carboxylic acids is 1. The third kappa shape index (κ3) is 3.71. The number of halogens is 2. The molecule has 0 spiro atoms. The van der Waals surface area contributed by atoms with Gasteiger partial charge in [-0.3, -0.25) is 4.79 Å². The number of carbonyl (C=O) groups is 1. The van der Waals surface area contributed by atoms with E-state index >= 15 is 0 Å². The van der Waals surface area contributed by atoms with Crippen LogP contribution in [0.1, 0.15) is 18.6 Å². The van der Waals surface area contributed by atoms with Crippen molar-refractivity contribution < 1.29 is 28.2 Å². The average Bonchev–Trinajstić information content (AvgIpc) is 2.61. The van der Waals surface area contributed by atoms with Crippen molar-refractivity contribution in [2.24, 2.45) is 0 Å². The van der Waals surface area contributed by atoms with E-state index in [0.29, 0.717) is 11.5 Å². The normalized spacial score (nSPS) is 20.0. The van der Waals surface area contributed by atoms with Gasteiger partial charge in [0, 0.05) is 6.54 Å². The van der Waals surface area contributed by atoms with Gasteiger partial charge in [0.15, 0.2) is 23.1 Å². The number of para-hydroxylation sites is 2. The molecule has 0 aliphatic carbocycles. The van der Waals surface area contributed by atoms with E-state index in [9.17, 15) is 18.7 Å². The second-order valence-corrected chi connectivity index (χ2v) is 5.74. The van der Waals surface area contributed by atoms with Crippen LogP contribution in [0, 0.1) is 11.6 Å². The Morgan fingerprint density at radius 2 is 1.84 bits per heavy atom. The number of benzene rings is 2. The largest absolute Gasteiger partial charge is 0.482 e. The summed E-state index contributed by atoms with van der Waals surface area (Å²) in [6.45, 7) is 1.53. The molecule has 1 amide bonds. The molecule has 5 nitrogen and oxygen atoms in total. The molecule has 3 atom stereocenters. The molecule has 2 aromatic rings. The Morgan fingerprint density at radius 3 is 2.52 bits per heavy atom. The van der Waals surface area contributed by atoms with Gasteiger partial charge in [-0.15, -0.1) is 0 Å². The highest BCUT2D eigenvalue weighted by atomic mass is 19.2. The molecule has 0 aromatic heterocycles. The molecule has 0 bridgehead atoms. The summed E-state index contributed by atoms with van der Waals surface area (Å²) in [6.07, 6.45) is -2.58. The average molecular weight is 349 g/mol. The lowest BCUT2D eigenvalue weighted by atomic mass is 10.1. The van der Waals surface area contributed by atoms with E-state index in [0.717, 1.165) is 12.1 Å². The Bertz CT molecular complexity index is 783. The molecule has 0 saturated carbocycles. The topological polar surface area (TPSA) is 67.8 Å². The summed E-state index contributed by atoms with van der Waals surface area (Å²) in [4.78, 5) is 12.3. The second kappa shape index (κ2) is 7.06. The number of hydrogen-bond acceptors (Lipinski definition) is 4. The molecule has 2 N–H and O–H groups in total. The van der Waals surface area contributed by atoms with Crippen molar-refractivity contribution in [1.82, 2.24) is 5.32 Å². The van der Waals surface area contributed by atoms with Gasteiger partial charge in [0.1, 0.15) is 6.10 Å². The minimum absolute atomic E-state index is 0.165. The third-order valence-electron chi connectivity index (χ3n) is 3.90. The maximum atomic E-state index is 13.2. The van der Waals surface area contributed by atoms with Gasteiger partial charge in [0.2, 0.25) is 6.10 Å². The lowest BCUT2D eigenvalue weighted by Gasteiger charge is -2.31. The van der Waals surface area contributed by atoms with Crippen LogP contribution in [0.3, 0.4) is 0 Å². The standard InChI is InChI=1S/C18H17F2NO4/c1-10-17(25-16-5-3-2-4-15(16)24-10)18(23)21-9-14(22)11-6-7-12(19)13(20)8-11/h2-8,10,14,17,22H,9H2,1H3,(H,21,23)/t10-,14+,17-/m0/s1. The van der Waals surface area contributed by atoms with Gasteiger partial charge in [-0.25, -0.2) is 8.78 Å². The number of aliphatic hydroxyl groups excluding tert-OH is 1. The highest BCUT2D eigenvalue weighted by Crippen LogP contribution is 2.33. The van der Waals surface area contributed by atoms with Crippen LogP contribution in [0.5, 0.6) is 11.5 Å². The van der Waals surface area contributed by atoms with E-state index in [-0.39, 0.29) is 12.1 Å². The summed E-state index contributed by atoms with van der Waals surface area (Å²) in [5.74, 6) is -1.51. The van der Waals surface area contributed by atoms with Gasteiger partial charge >= 0.3 is 0 Å². The van der Waals surface area contributed by atoms with Crippen LogP contribution in [0.15, 0.2) is 42.5 Å². The monoisotopic (exact) mass is 349 g/mol. The highest BCUT2D eigenvalue weighted by Gasteiger charge is 2.34. The van der Waals surface area contributed by atoms with Crippen LogP contribution in [0.25, 0.3) is 0 Å². The summed E-state index contributed by atoms with van der Waals surface area (Å²) in [5, 5.41) is 12.6. The summed E-state index contributed by atoms with van der Waals surface area (Å²) >= 11 is 0. The van der Waals surface area contributed by atoms with Gasteiger partial charge in [-0.05, 0) is 36.8 Å². The van der Waals surface area contributed by atoms with Gasteiger partial charge < -0.3 is 19.9 Å². The molecular weight excluding hydrogens is 332 g/mol. The summed E-state index contributed by atoms with van der Waals surface area (Å²) < 4.78 is 37.4. The van der Waals surface area contributed by atoms with Crippen LogP contribution in [-0.2, 0) is 4.79 Å². The van der Waals surface area contributed by atoms with Crippen LogP contribution in [-0.4, -0.2) is 29.8 Å². The van der Waals surface area contributed by atoms with E-state index in [1.54, 1.807) is 31.2 Å². The van der Waals surface area contributed by atoms with E-state index in [4.69, 9.17) is 9.47 Å². The number of amides is 1. The number of ether oxygens (including phenoxy) is 2. The highest BCUT2D eigenvalue weighted by molar-refractivity contribution is 5.82. The van der Waals surface area contributed by atoms with E-state index in [1.165, 1.54) is 6.07 Å². The number of nitrogens with one attached hydrogen (secondary N) is 1. The molecule has 0 fully saturated rings. The Labute approximate surface area is 143 Å². The smallest absolute Gasteiger partial charge is 0.265 e. The van der Waals surface area contributed by atoms with Crippen LogP contribution >= 0.6 is 0 Å². The van der Waals surface area contributed by atoms with Crippen LogP contribution < -0.4 is 14.8 Å². The zero-order valence-corrected chi connectivity index (χ0v) is 13.4. The van der Waals surface area contributed by atoms with Crippen molar-refractivity contribution in [2.45, 2.75) is 25.2 Å². The van der Waals surface area contributed by atoms with E-state index in [1.807, 2.05) is 0 Å². The molecule has 0 saturated heterocycles. The molecule has 1 aliphatic rings. The predicted molar refractivity (Wildman–Crippen MR) is 85.3 cm³/mol. The molecule has 132 valence electrons. The minimum atomic E-state index is -1.17. The van der Waals surface area contributed by atoms with Crippen molar-refractivity contribution in [1.29, 1.82) is 0 Å². The maximum absolute atomic E-state index is 13.2. The van der Waals surface area contributed by atoms with Crippen molar-refractivity contribution in [3.05, 3.63) is 59.7 Å². The lowest BCUT2D eigenvalue weighted by Crippen LogP contribution is -2.49.